The standard InChI is InChI=1S/C15H15N3O5S/c1-10-6-7-12(9-14(10)24(16,22)23)17-15(19)8-11-4-2-3-5-13(11)18(20)21/h2-7,9H,8H2,1H3,(H,17,19)(H2,16,22,23). The lowest BCUT2D eigenvalue weighted by atomic mass is 10.1. The fourth-order valence-corrected chi connectivity index (χ4v) is 3.01. The van der Waals surface area contributed by atoms with Crippen molar-refractivity contribution in [3.05, 3.63) is 63.7 Å². The maximum atomic E-state index is 12.1. The van der Waals surface area contributed by atoms with Gasteiger partial charge in [0.1, 0.15) is 0 Å². The second-order valence-electron chi connectivity index (χ2n) is 5.14. The normalized spacial score (nSPS) is 11.1. The van der Waals surface area contributed by atoms with Gasteiger partial charge >= 0.3 is 0 Å². The van der Waals surface area contributed by atoms with Gasteiger partial charge in [-0.15, -0.1) is 0 Å². The van der Waals surface area contributed by atoms with Gasteiger partial charge in [0.05, 0.1) is 16.2 Å². The van der Waals surface area contributed by atoms with Crippen molar-refractivity contribution < 1.29 is 18.1 Å². The number of rotatable bonds is 5. The van der Waals surface area contributed by atoms with E-state index in [4.69, 9.17) is 5.14 Å². The number of carbonyl (C=O) groups is 1. The molecule has 0 aromatic heterocycles. The number of benzene rings is 2. The van der Waals surface area contributed by atoms with Crippen LogP contribution in [0.25, 0.3) is 0 Å². The summed E-state index contributed by atoms with van der Waals surface area (Å²) < 4.78 is 23.0. The van der Waals surface area contributed by atoms with Crippen LogP contribution in [0.4, 0.5) is 11.4 Å². The highest BCUT2D eigenvalue weighted by Gasteiger charge is 2.17. The molecule has 0 aliphatic rings. The molecule has 2 aromatic rings. The molecule has 0 aliphatic heterocycles. The molecule has 0 aliphatic carbocycles. The Kier molecular flexibility index (Phi) is 4.96. The Bertz CT molecular complexity index is 909. The SMILES string of the molecule is Cc1ccc(NC(=O)Cc2ccccc2[N+](=O)[O-])cc1S(N)(=O)=O. The third-order valence-corrected chi connectivity index (χ3v) is 4.37. The summed E-state index contributed by atoms with van der Waals surface area (Å²) in [6, 6.07) is 10.2. The second-order valence-corrected chi connectivity index (χ2v) is 6.67. The lowest BCUT2D eigenvalue weighted by molar-refractivity contribution is -0.385. The lowest BCUT2D eigenvalue weighted by Crippen LogP contribution is -2.17. The summed E-state index contributed by atoms with van der Waals surface area (Å²) in [7, 11) is -3.91. The van der Waals surface area contributed by atoms with Crippen LogP contribution in [0.15, 0.2) is 47.4 Å². The number of primary sulfonamides is 1. The van der Waals surface area contributed by atoms with Gasteiger partial charge in [-0.05, 0) is 24.6 Å². The predicted molar refractivity (Wildman–Crippen MR) is 88.0 cm³/mol. The number of anilines is 1. The van der Waals surface area contributed by atoms with Gasteiger partial charge in [0.15, 0.2) is 0 Å². The molecule has 0 radical (unpaired) electrons. The lowest BCUT2D eigenvalue weighted by Gasteiger charge is -2.09. The van der Waals surface area contributed by atoms with E-state index >= 15 is 0 Å². The van der Waals surface area contributed by atoms with E-state index in [-0.39, 0.29) is 28.3 Å². The second kappa shape index (κ2) is 6.77. The monoisotopic (exact) mass is 349 g/mol. The molecular formula is C15H15N3O5S. The van der Waals surface area contributed by atoms with E-state index < -0.39 is 20.9 Å². The van der Waals surface area contributed by atoms with Crippen LogP contribution < -0.4 is 10.5 Å². The van der Waals surface area contributed by atoms with Gasteiger partial charge < -0.3 is 5.32 Å². The number of nitro groups is 1. The number of nitro benzene ring substituents is 1. The van der Waals surface area contributed by atoms with E-state index in [0.29, 0.717) is 5.56 Å². The highest BCUT2D eigenvalue weighted by atomic mass is 32.2. The molecular weight excluding hydrogens is 334 g/mol. The van der Waals surface area contributed by atoms with Crippen molar-refractivity contribution in [2.45, 2.75) is 18.2 Å². The van der Waals surface area contributed by atoms with Crippen LogP contribution in [0.1, 0.15) is 11.1 Å². The van der Waals surface area contributed by atoms with Crippen LogP contribution in [-0.4, -0.2) is 19.2 Å². The topological polar surface area (TPSA) is 132 Å². The van der Waals surface area contributed by atoms with Gasteiger partial charge in [-0.2, -0.15) is 0 Å². The number of para-hydroxylation sites is 1. The zero-order valence-electron chi connectivity index (χ0n) is 12.7. The van der Waals surface area contributed by atoms with Crippen molar-refractivity contribution in [1.82, 2.24) is 0 Å². The van der Waals surface area contributed by atoms with Crippen molar-refractivity contribution in [3.63, 3.8) is 0 Å². The van der Waals surface area contributed by atoms with Gasteiger partial charge in [-0.25, -0.2) is 13.6 Å². The van der Waals surface area contributed by atoms with E-state index in [1.165, 1.54) is 36.4 Å². The molecule has 0 fully saturated rings. The highest BCUT2D eigenvalue weighted by molar-refractivity contribution is 7.89. The van der Waals surface area contributed by atoms with Crippen molar-refractivity contribution in [2.24, 2.45) is 5.14 Å². The molecule has 1 amide bonds. The molecule has 0 heterocycles. The Hall–Kier alpha value is -2.78. The summed E-state index contributed by atoms with van der Waals surface area (Å²) in [5.74, 6) is -0.506. The summed E-state index contributed by atoms with van der Waals surface area (Å²) in [6.07, 6.45) is -0.213. The Morgan fingerprint density at radius 3 is 2.54 bits per heavy atom. The van der Waals surface area contributed by atoms with Crippen molar-refractivity contribution >= 4 is 27.3 Å². The minimum atomic E-state index is -3.91. The van der Waals surface area contributed by atoms with E-state index in [1.807, 2.05) is 0 Å². The van der Waals surface area contributed by atoms with Gasteiger partial charge in [-0.1, -0.05) is 24.3 Å². The molecule has 8 nitrogen and oxygen atoms in total. The Labute approximate surface area is 138 Å². The van der Waals surface area contributed by atoms with E-state index in [0.717, 1.165) is 0 Å². The number of aryl methyl sites for hydroxylation is 1. The maximum Gasteiger partial charge on any atom is 0.273 e. The third-order valence-electron chi connectivity index (χ3n) is 3.32. The van der Waals surface area contributed by atoms with Gasteiger partial charge in [0, 0.05) is 17.3 Å². The molecule has 2 aromatic carbocycles. The number of amides is 1. The molecule has 0 spiro atoms. The average molecular weight is 349 g/mol. The van der Waals surface area contributed by atoms with Crippen molar-refractivity contribution in [2.75, 3.05) is 5.32 Å². The molecule has 0 saturated heterocycles. The summed E-state index contributed by atoms with van der Waals surface area (Å²) in [5, 5.41) is 18.6. The van der Waals surface area contributed by atoms with Crippen LogP contribution in [0, 0.1) is 17.0 Å². The first-order valence-electron chi connectivity index (χ1n) is 6.84. The Morgan fingerprint density at radius 1 is 1.25 bits per heavy atom. The number of hydrogen-bond acceptors (Lipinski definition) is 5. The highest BCUT2D eigenvalue weighted by Crippen LogP contribution is 2.21. The zero-order valence-corrected chi connectivity index (χ0v) is 13.5. The predicted octanol–water partition coefficient (Wildman–Crippen LogP) is 1.73. The summed E-state index contributed by atoms with van der Waals surface area (Å²) in [4.78, 5) is 22.4. The minimum Gasteiger partial charge on any atom is -0.326 e. The Balaban J connectivity index is 2.21. The maximum absolute atomic E-state index is 12.1. The summed E-state index contributed by atoms with van der Waals surface area (Å²) in [5.41, 5.74) is 0.808. The van der Waals surface area contributed by atoms with Gasteiger partial charge in [0.25, 0.3) is 5.69 Å². The first kappa shape index (κ1) is 17.6. The smallest absolute Gasteiger partial charge is 0.273 e. The van der Waals surface area contributed by atoms with Crippen LogP contribution in [-0.2, 0) is 21.2 Å². The minimum absolute atomic E-state index is 0.0917. The largest absolute Gasteiger partial charge is 0.326 e. The van der Waals surface area contributed by atoms with Crippen LogP contribution in [0.3, 0.4) is 0 Å². The first-order valence-corrected chi connectivity index (χ1v) is 8.38. The molecule has 0 unspecified atom stereocenters. The van der Waals surface area contributed by atoms with E-state index in [2.05, 4.69) is 5.32 Å². The fraction of sp³-hybridized carbons (Fsp3) is 0.133. The van der Waals surface area contributed by atoms with Crippen LogP contribution in [0.5, 0.6) is 0 Å². The third kappa shape index (κ3) is 4.15. The van der Waals surface area contributed by atoms with Gasteiger partial charge in [-0.3, -0.25) is 14.9 Å². The molecule has 2 rings (SSSR count). The van der Waals surface area contributed by atoms with Crippen molar-refractivity contribution in [1.29, 1.82) is 0 Å². The molecule has 24 heavy (non-hydrogen) atoms. The van der Waals surface area contributed by atoms with E-state index in [1.54, 1.807) is 13.0 Å². The average Bonchev–Trinajstić information content (AvgIpc) is 2.48. The molecule has 0 bridgehead atoms. The number of hydrogen-bond donors (Lipinski definition) is 2. The Morgan fingerprint density at radius 2 is 1.92 bits per heavy atom. The first-order chi connectivity index (χ1) is 11.2. The molecule has 0 atom stereocenters. The molecule has 3 N–H and O–H groups in total. The summed E-state index contributed by atoms with van der Waals surface area (Å²) in [6.45, 7) is 1.58. The fourth-order valence-electron chi connectivity index (χ4n) is 2.20. The van der Waals surface area contributed by atoms with Crippen molar-refractivity contribution in [3.8, 4) is 0 Å². The van der Waals surface area contributed by atoms with Gasteiger partial charge in [0.2, 0.25) is 15.9 Å². The van der Waals surface area contributed by atoms with Crippen LogP contribution in [0.2, 0.25) is 0 Å². The molecule has 126 valence electrons. The molecule has 9 heteroatoms. The van der Waals surface area contributed by atoms with Crippen LogP contribution >= 0.6 is 0 Å². The molecule has 0 saturated carbocycles. The van der Waals surface area contributed by atoms with E-state index in [9.17, 15) is 23.3 Å². The quantitative estimate of drug-likeness (QED) is 0.626. The zero-order chi connectivity index (χ0) is 17.9. The number of carbonyl (C=O) groups excluding carboxylic acids is 1. The number of sulfonamides is 1. The summed E-state index contributed by atoms with van der Waals surface area (Å²) >= 11 is 0. The number of nitrogens with zero attached hydrogens (tertiary/aromatic N) is 1. The number of nitrogens with two attached hydrogens (primary N) is 1. The number of nitrogens with one attached hydrogen (secondary N) is 1.